The van der Waals surface area contributed by atoms with Crippen LogP contribution in [0.3, 0.4) is 0 Å². The van der Waals surface area contributed by atoms with Crippen molar-refractivity contribution in [2.24, 2.45) is 0 Å². The van der Waals surface area contributed by atoms with E-state index >= 15 is 0 Å². The van der Waals surface area contributed by atoms with Gasteiger partial charge in [0.15, 0.2) is 0 Å². The van der Waals surface area contributed by atoms with Gasteiger partial charge in [-0.1, -0.05) is 30.3 Å². The van der Waals surface area contributed by atoms with Crippen LogP contribution in [0.2, 0.25) is 0 Å². The second-order valence-corrected chi connectivity index (χ2v) is 5.77. The molecule has 0 fully saturated rings. The summed E-state index contributed by atoms with van der Waals surface area (Å²) in [6.07, 6.45) is 1.05. The van der Waals surface area contributed by atoms with E-state index in [0.717, 1.165) is 17.7 Å². The zero-order valence-electron chi connectivity index (χ0n) is 11.8. The molecule has 2 aromatic carbocycles. The molecule has 0 spiro atoms. The molecule has 0 bridgehead atoms. The van der Waals surface area contributed by atoms with Crippen LogP contribution in [0.25, 0.3) is 0 Å². The van der Waals surface area contributed by atoms with Gasteiger partial charge < -0.3 is 4.74 Å². The first-order valence-electron chi connectivity index (χ1n) is 6.61. The highest BCUT2D eigenvalue weighted by molar-refractivity contribution is 7.99. The van der Waals surface area contributed by atoms with Gasteiger partial charge in [-0.15, -0.1) is 11.8 Å². The van der Waals surface area contributed by atoms with E-state index in [1.54, 1.807) is 0 Å². The van der Waals surface area contributed by atoms with E-state index in [-0.39, 0.29) is 5.97 Å². The largest absolute Gasteiger partial charge is 0.426 e. The van der Waals surface area contributed by atoms with Crippen molar-refractivity contribution in [2.45, 2.75) is 25.2 Å². The van der Waals surface area contributed by atoms with Gasteiger partial charge in [0.1, 0.15) is 5.75 Å². The molecule has 3 heteroatoms. The van der Waals surface area contributed by atoms with E-state index in [1.807, 2.05) is 36.9 Å². The molecule has 0 aromatic heterocycles. The van der Waals surface area contributed by atoms with Crippen LogP contribution in [-0.2, 0) is 11.2 Å². The molecule has 2 nitrogen and oxygen atoms in total. The van der Waals surface area contributed by atoms with Gasteiger partial charge in [0.25, 0.3) is 0 Å². The van der Waals surface area contributed by atoms with Crippen LogP contribution in [0, 0.1) is 6.92 Å². The third-order valence-electron chi connectivity index (χ3n) is 2.90. The van der Waals surface area contributed by atoms with Crippen LogP contribution in [-0.4, -0.2) is 11.7 Å². The summed E-state index contributed by atoms with van der Waals surface area (Å²) >= 11 is 1.82. The highest BCUT2D eigenvalue weighted by atomic mass is 32.2. The molecule has 0 unspecified atom stereocenters. The van der Waals surface area contributed by atoms with Crippen LogP contribution >= 0.6 is 11.8 Å². The lowest BCUT2D eigenvalue weighted by Crippen LogP contribution is -2.02. The number of aryl methyl sites for hydroxylation is 2. The lowest BCUT2D eigenvalue weighted by atomic mass is 10.2. The highest BCUT2D eigenvalue weighted by Gasteiger charge is 2.04. The van der Waals surface area contributed by atoms with Gasteiger partial charge in [-0.25, -0.2) is 0 Å². The number of carbonyl (C=O) groups is 1. The van der Waals surface area contributed by atoms with Gasteiger partial charge in [0.2, 0.25) is 0 Å². The zero-order valence-corrected chi connectivity index (χ0v) is 12.6. The van der Waals surface area contributed by atoms with Crippen molar-refractivity contribution in [1.29, 1.82) is 0 Å². The summed E-state index contributed by atoms with van der Waals surface area (Å²) < 4.78 is 5.13. The molecule has 0 N–H and O–H groups in total. The third-order valence-corrected chi connectivity index (χ3v) is 3.90. The fourth-order valence-corrected chi connectivity index (χ4v) is 2.91. The smallest absolute Gasteiger partial charge is 0.308 e. The maximum Gasteiger partial charge on any atom is 0.308 e. The number of esters is 1. The Morgan fingerprint density at radius 2 is 1.90 bits per heavy atom. The van der Waals surface area contributed by atoms with Gasteiger partial charge in [0.05, 0.1) is 0 Å². The summed E-state index contributed by atoms with van der Waals surface area (Å²) in [7, 11) is 0. The van der Waals surface area contributed by atoms with Gasteiger partial charge in [-0.3, -0.25) is 4.79 Å². The standard InChI is InChI=1S/C17H18O2S/c1-13-12-16(8-9-17(13)19-14(2)18)20-11-10-15-6-4-3-5-7-15/h3-9,12H,10-11H2,1-2H3. The van der Waals surface area contributed by atoms with Crippen molar-refractivity contribution in [3.05, 3.63) is 59.7 Å². The van der Waals surface area contributed by atoms with E-state index in [0.29, 0.717) is 5.75 Å². The van der Waals surface area contributed by atoms with Crippen molar-refractivity contribution < 1.29 is 9.53 Å². The van der Waals surface area contributed by atoms with Crippen LogP contribution in [0.15, 0.2) is 53.4 Å². The Kier molecular flexibility index (Phi) is 5.24. The van der Waals surface area contributed by atoms with E-state index in [1.165, 1.54) is 17.4 Å². The molecule has 2 aromatic rings. The van der Waals surface area contributed by atoms with E-state index in [2.05, 4.69) is 30.3 Å². The predicted octanol–water partition coefficient (Wildman–Crippen LogP) is 4.26. The van der Waals surface area contributed by atoms with Crippen LogP contribution in [0.1, 0.15) is 18.1 Å². The van der Waals surface area contributed by atoms with E-state index in [9.17, 15) is 4.79 Å². The maximum absolute atomic E-state index is 11.0. The second kappa shape index (κ2) is 7.15. The number of thioether (sulfide) groups is 1. The monoisotopic (exact) mass is 286 g/mol. The molecule has 0 atom stereocenters. The number of rotatable bonds is 5. The predicted molar refractivity (Wildman–Crippen MR) is 83.4 cm³/mol. The number of hydrogen-bond donors (Lipinski definition) is 0. The van der Waals surface area contributed by atoms with Gasteiger partial charge in [0, 0.05) is 17.6 Å². The minimum absolute atomic E-state index is 0.280. The number of hydrogen-bond acceptors (Lipinski definition) is 3. The highest BCUT2D eigenvalue weighted by Crippen LogP contribution is 2.26. The molecule has 0 aliphatic rings. The quantitative estimate of drug-likeness (QED) is 0.467. The Morgan fingerprint density at radius 3 is 2.55 bits per heavy atom. The first-order chi connectivity index (χ1) is 9.65. The van der Waals surface area contributed by atoms with Crippen molar-refractivity contribution in [3.63, 3.8) is 0 Å². The zero-order chi connectivity index (χ0) is 14.4. The molecule has 0 aliphatic heterocycles. The molecule has 0 heterocycles. The fourth-order valence-electron chi connectivity index (χ4n) is 1.91. The lowest BCUT2D eigenvalue weighted by molar-refractivity contribution is -0.131. The minimum Gasteiger partial charge on any atom is -0.426 e. The summed E-state index contributed by atoms with van der Waals surface area (Å²) in [5.74, 6) is 1.40. The van der Waals surface area contributed by atoms with Crippen LogP contribution < -0.4 is 4.74 Å². The van der Waals surface area contributed by atoms with Crippen LogP contribution in [0.5, 0.6) is 5.75 Å². The summed E-state index contributed by atoms with van der Waals surface area (Å²) in [6.45, 7) is 3.38. The lowest BCUT2D eigenvalue weighted by Gasteiger charge is -2.08. The van der Waals surface area contributed by atoms with Gasteiger partial charge >= 0.3 is 5.97 Å². The van der Waals surface area contributed by atoms with E-state index < -0.39 is 0 Å². The molecule has 0 saturated heterocycles. The van der Waals surface area contributed by atoms with Gasteiger partial charge in [-0.05, 0) is 42.7 Å². The summed E-state index contributed by atoms with van der Waals surface area (Å²) in [5.41, 5.74) is 2.35. The van der Waals surface area contributed by atoms with Crippen molar-refractivity contribution in [1.82, 2.24) is 0 Å². The normalized spacial score (nSPS) is 10.3. The Hall–Kier alpha value is -1.74. The Balaban J connectivity index is 1.90. The minimum atomic E-state index is -0.280. The average molecular weight is 286 g/mol. The van der Waals surface area contributed by atoms with Gasteiger partial charge in [-0.2, -0.15) is 0 Å². The summed E-state index contributed by atoms with van der Waals surface area (Å²) in [4.78, 5) is 12.2. The van der Waals surface area contributed by atoms with Crippen molar-refractivity contribution >= 4 is 17.7 Å². The summed E-state index contributed by atoms with van der Waals surface area (Å²) in [6, 6.07) is 16.4. The second-order valence-electron chi connectivity index (χ2n) is 4.61. The molecule has 0 radical (unpaired) electrons. The molecule has 0 aliphatic carbocycles. The SMILES string of the molecule is CC(=O)Oc1ccc(SCCc2ccccc2)cc1C. The molecule has 20 heavy (non-hydrogen) atoms. The van der Waals surface area contributed by atoms with Crippen molar-refractivity contribution in [3.8, 4) is 5.75 Å². The Bertz CT molecular complexity index is 579. The molecule has 0 amide bonds. The first-order valence-corrected chi connectivity index (χ1v) is 7.59. The number of benzene rings is 2. The fraction of sp³-hybridized carbons (Fsp3) is 0.235. The molecular weight excluding hydrogens is 268 g/mol. The molecule has 104 valence electrons. The summed E-state index contributed by atoms with van der Waals surface area (Å²) in [5, 5.41) is 0. The number of carbonyl (C=O) groups excluding carboxylic acids is 1. The first kappa shape index (κ1) is 14.7. The average Bonchev–Trinajstić information content (AvgIpc) is 2.43. The van der Waals surface area contributed by atoms with Crippen molar-refractivity contribution in [2.75, 3.05) is 5.75 Å². The Labute approximate surface area is 124 Å². The number of ether oxygens (including phenoxy) is 1. The molecular formula is C17H18O2S. The van der Waals surface area contributed by atoms with Crippen LogP contribution in [0.4, 0.5) is 0 Å². The maximum atomic E-state index is 11.0. The third kappa shape index (κ3) is 4.42. The Morgan fingerprint density at radius 1 is 1.15 bits per heavy atom. The molecule has 0 saturated carbocycles. The topological polar surface area (TPSA) is 26.3 Å². The molecule has 2 rings (SSSR count). The van der Waals surface area contributed by atoms with E-state index in [4.69, 9.17) is 4.74 Å².